The zero-order valence-corrected chi connectivity index (χ0v) is 19.5. The Labute approximate surface area is 202 Å². The molecule has 0 aliphatic rings. The number of hydrazone groups is 1. The first-order valence-electron chi connectivity index (χ1n) is 8.89. The summed E-state index contributed by atoms with van der Waals surface area (Å²) in [7, 11) is 0. The van der Waals surface area contributed by atoms with Crippen LogP contribution in [-0.4, -0.2) is 24.7 Å². The number of rotatable bonds is 7. The smallest absolute Gasteiger partial charge is 0.345 e. The molecule has 0 aliphatic heterocycles. The summed E-state index contributed by atoms with van der Waals surface area (Å²) >= 11 is 14.0. The van der Waals surface area contributed by atoms with Crippen molar-refractivity contribution in [2.24, 2.45) is 5.10 Å². The lowest BCUT2D eigenvalue weighted by molar-refractivity contribution is -0.123. The molecule has 0 heterocycles. The molecule has 0 atom stereocenters. The predicted octanol–water partition coefficient (Wildman–Crippen LogP) is 5.35. The number of carbonyl (C=O) groups is 2. The summed E-state index contributed by atoms with van der Waals surface area (Å²) in [5.74, 6) is -0.122. The number of nitrogens with one attached hydrogen (secondary N) is 1. The van der Waals surface area contributed by atoms with Crippen molar-refractivity contribution in [2.45, 2.75) is 0 Å². The van der Waals surface area contributed by atoms with Crippen molar-refractivity contribution in [3.63, 3.8) is 0 Å². The summed E-state index contributed by atoms with van der Waals surface area (Å²) < 4.78 is 11.6. The normalized spacial score (nSPS) is 10.7. The number of hydrogen-bond donors (Lipinski definition) is 1. The van der Waals surface area contributed by atoms with E-state index in [1.807, 2.05) is 0 Å². The van der Waals surface area contributed by atoms with Gasteiger partial charge in [0.05, 0.1) is 20.4 Å². The SMILES string of the molecule is O=C(COc1ccc(Cl)cc1I)NN=Cc1cccc(OC(=O)c2ccccc2Cl)c1. The molecule has 158 valence electrons. The van der Waals surface area contributed by atoms with Crippen LogP contribution in [-0.2, 0) is 4.79 Å². The van der Waals surface area contributed by atoms with Gasteiger partial charge in [-0.05, 0) is 70.6 Å². The largest absolute Gasteiger partial charge is 0.483 e. The average Bonchev–Trinajstić information content (AvgIpc) is 2.73. The van der Waals surface area contributed by atoms with Gasteiger partial charge in [-0.25, -0.2) is 10.2 Å². The van der Waals surface area contributed by atoms with Crippen molar-refractivity contribution in [3.05, 3.63) is 91.5 Å². The third-order valence-corrected chi connectivity index (χ3v) is 5.23. The number of esters is 1. The standard InChI is InChI=1S/C22H15Cl2IN2O4/c23-15-8-9-20(19(25)11-15)30-13-21(28)27-26-12-14-4-3-5-16(10-14)31-22(29)17-6-1-2-7-18(17)24/h1-12H,13H2,(H,27,28). The molecule has 0 saturated carbocycles. The van der Waals surface area contributed by atoms with E-state index in [0.717, 1.165) is 3.57 Å². The molecule has 0 bridgehead atoms. The molecule has 0 aliphatic carbocycles. The molecule has 1 amide bonds. The van der Waals surface area contributed by atoms with Gasteiger partial charge in [-0.3, -0.25) is 4.79 Å². The average molecular weight is 569 g/mol. The Hall–Kier alpha value is -2.62. The summed E-state index contributed by atoms with van der Waals surface area (Å²) in [5.41, 5.74) is 3.27. The molecule has 3 aromatic rings. The maximum absolute atomic E-state index is 12.3. The van der Waals surface area contributed by atoms with E-state index in [0.29, 0.717) is 27.1 Å². The van der Waals surface area contributed by atoms with Crippen LogP contribution < -0.4 is 14.9 Å². The highest BCUT2D eigenvalue weighted by Gasteiger charge is 2.12. The fourth-order valence-electron chi connectivity index (χ4n) is 2.39. The van der Waals surface area contributed by atoms with Crippen LogP contribution in [0.15, 0.2) is 71.8 Å². The van der Waals surface area contributed by atoms with Gasteiger partial charge in [0.1, 0.15) is 11.5 Å². The number of carbonyl (C=O) groups excluding carboxylic acids is 2. The molecular weight excluding hydrogens is 554 g/mol. The number of halogens is 3. The lowest BCUT2D eigenvalue weighted by atomic mass is 10.2. The molecule has 0 spiro atoms. The number of ether oxygens (including phenoxy) is 2. The summed E-state index contributed by atoms with van der Waals surface area (Å²) in [6, 6.07) is 18.4. The van der Waals surface area contributed by atoms with Crippen LogP contribution in [0.3, 0.4) is 0 Å². The van der Waals surface area contributed by atoms with Crippen molar-refractivity contribution >= 4 is 63.9 Å². The van der Waals surface area contributed by atoms with Gasteiger partial charge in [0.25, 0.3) is 5.91 Å². The predicted molar refractivity (Wildman–Crippen MR) is 128 cm³/mol. The lowest BCUT2D eigenvalue weighted by Gasteiger charge is -2.07. The molecule has 1 N–H and O–H groups in total. The van der Waals surface area contributed by atoms with E-state index in [1.54, 1.807) is 66.7 Å². The van der Waals surface area contributed by atoms with E-state index in [9.17, 15) is 9.59 Å². The van der Waals surface area contributed by atoms with Crippen LogP contribution >= 0.6 is 45.8 Å². The summed E-state index contributed by atoms with van der Waals surface area (Å²) in [6.07, 6.45) is 1.43. The number of amides is 1. The summed E-state index contributed by atoms with van der Waals surface area (Å²) in [6.45, 7) is -0.204. The van der Waals surface area contributed by atoms with Crippen LogP contribution in [0.4, 0.5) is 0 Å². The second-order valence-corrected chi connectivity index (χ2v) is 8.10. The molecular formula is C22H15Cl2IN2O4. The van der Waals surface area contributed by atoms with E-state index >= 15 is 0 Å². The molecule has 0 unspecified atom stereocenters. The van der Waals surface area contributed by atoms with Crippen molar-refractivity contribution < 1.29 is 19.1 Å². The molecule has 3 rings (SSSR count). The van der Waals surface area contributed by atoms with Gasteiger partial charge in [-0.1, -0.05) is 47.5 Å². The Balaban J connectivity index is 1.53. The fourth-order valence-corrected chi connectivity index (χ4v) is 3.63. The molecule has 31 heavy (non-hydrogen) atoms. The molecule has 9 heteroatoms. The molecule has 0 radical (unpaired) electrons. The quantitative estimate of drug-likeness (QED) is 0.137. The summed E-state index contributed by atoms with van der Waals surface area (Å²) in [5, 5.41) is 4.79. The molecule has 0 saturated heterocycles. The van der Waals surface area contributed by atoms with Gasteiger partial charge < -0.3 is 9.47 Å². The van der Waals surface area contributed by atoms with Crippen LogP contribution in [0, 0.1) is 3.57 Å². The minimum atomic E-state index is -0.568. The highest BCUT2D eigenvalue weighted by molar-refractivity contribution is 14.1. The van der Waals surface area contributed by atoms with Gasteiger partial charge >= 0.3 is 5.97 Å². The van der Waals surface area contributed by atoms with Crippen LogP contribution in [0.25, 0.3) is 0 Å². The number of nitrogens with zero attached hydrogens (tertiary/aromatic N) is 1. The van der Waals surface area contributed by atoms with Crippen molar-refractivity contribution in [1.29, 1.82) is 0 Å². The monoisotopic (exact) mass is 568 g/mol. The second kappa shape index (κ2) is 11.1. The molecule has 6 nitrogen and oxygen atoms in total. The van der Waals surface area contributed by atoms with Crippen LogP contribution in [0.1, 0.15) is 15.9 Å². The first-order valence-corrected chi connectivity index (χ1v) is 10.7. The molecule has 0 aromatic heterocycles. The Morgan fingerprint density at radius 3 is 2.61 bits per heavy atom. The van der Waals surface area contributed by atoms with Crippen molar-refractivity contribution in [2.75, 3.05) is 6.61 Å². The Kier molecular flexibility index (Phi) is 8.27. The topological polar surface area (TPSA) is 77.0 Å². The minimum Gasteiger partial charge on any atom is -0.483 e. The number of hydrogen-bond acceptors (Lipinski definition) is 5. The number of benzene rings is 3. The third-order valence-electron chi connectivity index (χ3n) is 3.82. The van der Waals surface area contributed by atoms with Gasteiger partial charge in [0, 0.05) is 5.02 Å². The maximum atomic E-state index is 12.3. The second-order valence-electron chi connectivity index (χ2n) is 6.10. The van der Waals surface area contributed by atoms with Crippen LogP contribution in [0.2, 0.25) is 10.0 Å². The first-order chi connectivity index (χ1) is 14.9. The van der Waals surface area contributed by atoms with E-state index < -0.39 is 11.9 Å². The maximum Gasteiger partial charge on any atom is 0.345 e. The van der Waals surface area contributed by atoms with Crippen molar-refractivity contribution in [3.8, 4) is 11.5 Å². The molecule has 3 aromatic carbocycles. The van der Waals surface area contributed by atoms with Gasteiger partial charge in [-0.15, -0.1) is 0 Å². The Bertz CT molecular complexity index is 1140. The highest BCUT2D eigenvalue weighted by Crippen LogP contribution is 2.24. The van der Waals surface area contributed by atoms with E-state index in [1.165, 1.54) is 6.21 Å². The van der Waals surface area contributed by atoms with Crippen molar-refractivity contribution in [1.82, 2.24) is 5.43 Å². The summed E-state index contributed by atoms with van der Waals surface area (Å²) in [4.78, 5) is 24.2. The van der Waals surface area contributed by atoms with E-state index in [-0.39, 0.29) is 12.2 Å². The first kappa shape index (κ1) is 23.1. The fraction of sp³-hybridized carbons (Fsp3) is 0.0455. The highest BCUT2D eigenvalue weighted by atomic mass is 127. The zero-order valence-electron chi connectivity index (χ0n) is 15.8. The minimum absolute atomic E-state index is 0.204. The zero-order chi connectivity index (χ0) is 22.2. The van der Waals surface area contributed by atoms with Gasteiger partial charge in [0.15, 0.2) is 6.61 Å². The van der Waals surface area contributed by atoms with E-state index in [4.69, 9.17) is 32.7 Å². The molecule has 0 fully saturated rings. The Morgan fingerprint density at radius 2 is 1.84 bits per heavy atom. The van der Waals surface area contributed by atoms with Crippen LogP contribution in [0.5, 0.6) is 11.5 Å². The third kappa shape index (κ3) is 6.95. The Morgan fingerprint density at radius 1 is 1.03 bits per heavy atom. The van der Waals surface area contributed by atoms with E-state index in [2.05, 4.69) is 33.1 Å². The van der Waals surface area contributed by atoms with Gasteiger partial charge in [-0.2, -0.15) is 5.10 Å². The lowest BCUT2D eigenvalue weighted by Crippen LogP contribution is -2.24. The van der Waals surface area contributed by atoms with Gasteiger partial charge in [0.2, 0.25) is 0 Å².